The van der Waals surface area contributed by atoms with Crippen LogP contribution in [-0.2, 0) is 25.8 Å². The highest BCUT2D eigenvalue weighted by molar-refractivity contribution is 7.89. The van der Waals surface area contributed by atoms with Gasteiger partial charge in [-0.2, -0.15) is 17.5 Å². The van der Waals surface area contributed by atoms with E-state index in [-0.39, 0.29) is 41.0 Å². The van der Waals surface area contributed by atoms with E-state index in [4.69, 9.17) is 4.42 Å². The van der Waals surface area contributed by atoms with Gasteiger partial charge in [-0.3, -0.25) is 14.4 Å². The van der Waals surface area contributed by atoms with Crippen LogP contribution >= 0.6 is 0 Å². The van der Waals surface area contributed by atoms with Crippen LogP contribution in [-0.4, -0.2) is 60.5 Å². The fourth-order valence-corrected chi connectivity index (χ4v) is 7.31. The molecule has 1 saturated carbocycles. The molecule has 0 spiro atoms. The van der Waals surface area contributed by atoms with E-state index in [9.17, 15) is 36.0 Å². The molecule has 2 fully saturated rings. The number of amides is 2. The molecule has 2 N–H and O–H groups in total. The van der Waals surface area contributed by atoms with Gasteiger partial charge in [-0.05, 0) is 61.6 Å². The summed E-state index contributed by atoms with van der Waals surface area (Å²) in [6.07, 6.45) is 2.47. The van der Waals surface area contributed by atoms with Crippen molar-refractivity contribution in [3.63, 3.8) is 0 Å². The van der Waals surface area contributed by atoms with Crippen LogP contribution in [0.4, 0.5) is 13.2 Å². The van der Waals surface area contributed by atoms with E-state index in [1.807, 2.05) is 0 Å². The van der Waals surface area contributed by atoms with E-state index in [0.29, 0.717) is 12.8 Å². The lowest BCUT2D eigenvalue weighted by molar-refractivity contribution is -0.137. The number of nitrogens with one attached hydrogen (secondary N) is 2. The van der Waals surface area contributed by atoms with Crippen LogP contribution in [0.1, 0.15) is 67.5 Å². The molecule has 1 aromatic carbocycles. The molecule has 3 heterocycles. The number of ketones is 1. The number of carbonyl (C=O) groups excluding carboxylic acids is 3. The molecule has 0 radical (unpaired) electrons. The predicted octanol–water partition coefficient (Wildman–Crippen LogP) is 4.97. The number of pyridine rings is 1. The van der Waals surface area contributed by atoms with Crippen molar-refractivity contribution >= 4 is 27.6 Å². The molecule has 2 aliphatic rings. The second kappa shape index (κ2) is 14.2. The molecule has 1 unspecified atom stereocenters. The molecule has 2 aromatic heterocycles. The summed E-state index contributed by atoms with van der Waals surface area (Å²) in [5, 5.41) is 5.27. The number of hydrogen-bond donors (Lipinski definition) is 2. The monoisotopic (exact) mass is 660 g/mol. The second-order valence-electron chi connectivity index (χ2n) is 11.7. The molecule has 2 amide bonds. The topological polar surface area (TPSA) is 139 Å². The van der Waals surface area contributed by atoms with Gasteiger partial charge in [0.2, 0.25) is 5.91 Å². The summed E-state index contributed by atoms with van der Waals surface area (Å²) in [6.45, 7) is -0.361. The predicted molar refractivity (Wildman–Crippen MR) is 161 cm³/mol. The summed E-state index contributed by atoms with van der Waals surface area (Å²) < 4.78 is 72.4. The van der Waals surface area contributed by atoms with Crippen LogP contribution in [0.3, 0.4) is 0 Å². The van der Waals surface area contributed by atoms with Gasteiger partial charge in [0.15, 0.2) is 16.6 Å². The Bertz CT molecular complexity index is 1660. The quantitative estimate of drug-likeness (QED) is 0.331. The molecule has 1 saturated heterocycles. The van der Waals surface area contributed by atoms with Crippen molar-refractivity contribution in [2.75, 3.05) is 13.1 Å². The van der Waals surface area contributed by atoms with Gasteiger partial charge in [0.25, 0.3) is 15.9 Å². The zero-order chi connectivity index (χ0) is 32.9. The maximum Gasteiger partial charge on any atom is 0.416 e. The molecule has 2 atom stereocenters. The summed E-state index contributed by atoms with van der Waals surface area (Å²) in [6, 6.07) is 9.73. The van der Waals surface area contributed by atoms with Crippen LogP contribution < -0.4 is 10.6 Å². The molecule has 1 aliphatic heterocycles. The van der Waals surface area contributed by atoms with Crippen molar-refractivity contribution in [3.8, 4) is 11.3 Å². The van der Waals surface area contributed by atoms with Crippen molar-refractivity contribution in [1.82, 2.24) is 19.9 Å². The highest BCUT2D eigenvalue weighted by atomic mass is 32.2. The number of carbonyl (C=O) groups is 3. The SMILES string of the molecule is O=C(N[C@@H](CC1CCCCC1)C(=O)NC1CCCN(S(=O)(=O)c2ccccn2)CC1=O)c1ccc(-c2cccc(C(F)(F)F)c2)o1. The Balaban J connectivity index is 1.28. The Labute approximate surface area is 264 Å². The lowest BCUT2D eigenvalue weighted by atomic mass is 9.84. The number of alkyl halides is 3. The number of sulfonamides is 1. The van der Waals surface area contributed by atoms with Crippen molar-refractivity contribution in [2.24, 2.45) is 5.92 Å². The lowest BCUT2D eigenvalue weighted by Gasteiger charge is -2.27. The number of nitrogens with zero attached hydrogens (tertiary/aromatic N) is 2. The molecular formula is C32H35F3N4O6S. The van der Waals surface area contributed by atoms with Crippen molar-refractivity contribution < 1.29 is 40.4 Å². The zero-order valence-corrected chi connectivity index (χ0v) is 25.8. The third kappa shape index (κ3) is 8.02. The Morgan fingerprint density at radius 1 is 1.00 bits per heavy atom. The van der Waals surface area contributed by atoms with Crippen molar-refractivity contribution in [2.45, 2.75) is 74.7 Å². The first-order chi connectivity index (χ1) is 21.9. The smallest absolute Gasteiger partial charge is 0.416 e. The summed E-state index contributed by atoms with van der Waals surface area (Å²) in [5.74, 6) is -1.76. The number of halogens is 3. The summed E-state index contributed by atoms with van der Waals surface area (Å²) in [4.78, 5) is 44.0. The number of hydrogen-bond acceptors (Lipinski definition) is 7. The largest absolute Gasteiger partial charge is 0.451 e. The number of rotatable bonds is 9. The summed E-state index contributed by atoms with van der Waals surface area (Å²) in [7, 11) is -4.01. The van der Waals surface area contributed by atoms with Crippen LogP contribution in [0.5, 0.6) is 0 Å². The van der Waals surface area contributed by atoms with Gasteiger partial charge in [-0.1, -0.05) is 50.3 Å². The van der Waals surface area contributed by atoms with E-state index in [1.165, 1.54) is 42.6 Å². The molecule has 10 nitrogen and oxygen atoms in total. The van der Waals surface area contributed by atoms with Gasteiger partial charge in [-0.15, -0.1) is 0 Å². The van der Waals surface area contributed by atoms with E-state index in [2.05, 4.69) is 15.6 Å². The zero-order valence-electron chi connectivity index (χ0n) is 25.0. The molecule has 0 bridgehead atoms. The fourth-order valence-electron chi connectivity index (χ4n) is 5.94. The van der Waals surface area contributed by atoms with Gasteiger partial charge in [-0.25, -0.2) is 13.4 Å². The number of Topliss-reactive ketones (excluding diaryl/α,β-unsaturated/α-hetero) is 1. The molecule has 5 rings (SSSR count). The number of furan rings is 1. The minimum Gasteiger partial charge on any atom is -0.451 e. The standard InChI is InChI=1S/C32H35F3N4O6S/c33-32(34,35)23-11-6-10-22(19-23)27-14-15-28(45-27)31(42)38-25(18-21-8-2-1-3-9-21)30(41)37-24-12-7-17-39(20-26(24)40)46(43,44)29-13-4-5-16-36-29/h4-6,10-11,13-16,19,21,24-25H,1-3,7-9,12,17-18,20H2,(H,37,41)(H,38,42)/t24?,25-/m0/s1. The molecule has 246 valence electrons. The van der Waals surface area contributed by atoms with Crippen molar-refractivity contribution in [3.05, 3.63) is 72.1 Å². The third-order valence-corrected chi connectivity index (χ3v) is 10.2. The molecule has 46 heavy (non-hydrogen) atoms. The Kier molecular flexibility index (Phi) is 10.3. The summed E-state index contributed by atoms with van der Waals surface area (Å²) in [5.41, 5.74) is -0.724. The van der Waals surface area contributed by atoms with E-state index in [0.717, 1.165) is 48.5 Å². The average molecular weight is 661 g/mol. The van der Waals surface area contributed by atoms with E-state index in [1.54, 1.807) is 6.07 Å². The van der Waals surface area contributed by atoms with Gasteiger partial charge < -0.3 is 15.1 Å². The number of benzene rings is 1. The molecule has 3 aromatic rings. The highest BCUT2D eigenvalue weighted by Gasteiger charge is 2.36. The lowest BCUT2D eigenvalue weighted by Crippen LogP contribution is -2.53. The average Bonchev–Trinajstić information content (AvgIpc) is 3.47. The molecule has 1 aliphatic carbocycles. The van der Waals surface area contributed by atoms with Crippen molar-refractivity contribution in [1.29, 1.82) is 0 Å². The third-order valence-electron chi connectivity index (χ3n) is 8.40. The van der Waals surface area contributed by atoms with Crippen LogP contribution in [0.15, 0.2) is 70.2 Å². The van der Waals surface area contributed by atoms with Crippen LogP contribution in [0, 0.1) is 5.92 Å². The summed E-state index contributed by atoms with van der Waals surface area (Å²) >= 11 is 0. The Hall–Kier alpha value is -4.04. The van der Waals surface area contributed by atoms with Crippen LogP contribution in [0.25, 0.3) is 11.3 Å². The maximum absolute atomic E-state index is 13.6. The van der Waals surface area contributed by atoms with Gasteiger partial charge in [0, 0.05) is 18.3 Å². The first kappa shape index (κ1) is 33.3. The normalized spacial score (nSPS) is 19.3. The van der Waals surface area contributed by atoms with E-state index >= 15 is 0 Å². The van der Waals surface area contributed by atoms with E-state index < -0.39 is 58.0 Å². The molecule has 14 heteroatoms. The van der Waals surface area contributed by atoms with Crippen LogP contribution in [0.2, 0.25) is 0 Å². The minimum absolute atomic E-state index is 0.0544. The van der Waals surface area contributed by atoms with Gasteiger partial charge in [0.05, 0.1) is 18.2 Å². The first-order valence-electron chi connectivity index (χ1n) is 15.2. The Morgan fingerprint density at radius 2 is 1.78 bits per heavy atom. The Morgan fingerprint density at radius 3 is 2.50 bits per heavy atom. The number of aromatic nitrogens is 1. The highest BCUT2D eigenvalue weighted by Crippen LogP contribution is 2.33. The minimum atomic E-state index is -4.55. The molecular weight excluding hydrogens is 625 g/mol. The first-order valence-corrected chi connectivity index (χ1v) is 16.7. The fraction of sp³-hybridized carbons (Fsp3) is 0.438. The van der Waals surface area contributed by atoms with Gasteiger partial charge >= 0.3 is 6.18 Å². The maximum atomic E-state index is 13.6. The second-order valence-corrected chi connectivity index (χ2v) is 13.6. The van der Waals surface area contributed by atoms with Gasteiger partial charge in [0.1, 0.15) is 11.8 Å².